The van der Waals surface area contributed by atoms with Gasteiger partial charge in [0.15, 0.2) is 0 Å². The van der Waals surface area contributed by atoms with Crippen LogP contribution in [0.5, 0.6) is 0 Å². The van der Waals surface area contributed by atoms with Crippen LogP contribution in [-0.2, 0) is 0 Å². The van der Waals surface area contributed by atoms with Gasteiger partial charge in [0.05, 0.1) is 5.56 Å². The molecule has 0 amide bonds. The number of carbonyl (C=O) groups is 1. The van der Waals surface area contributed by atoms with E-state index in [-0.39, 0.29) is 0 Å². The third-order valence-corrected chi connectivity index (χ3v) is 4.97. The lowest BCUT2D eigenvalue weighted by molar-refractivity contribution is 0.0697. The van der Waals surface area contributed by atoms with Crippen LogP contribution in [-0.4, -0.2) is 24.2 Å². The Morgan fingerprint density at radius 2 is 1.35 bits per heavy atom. The maximum atomic E-state index is 10.2. The van der Waals surface area contributed by atoms with E-state index in [1.165, 1.54) is 64.5 Å². The molecule has 0 heterocycles. The molecule has 1 rings (SSSR count). The zero-order chi connectivity index (χ0) is 19.6. The minimum absolute atomic E-state index is 0.331. The maximum Gasteiger partial charge on any atom is 0.335 e. The largest absolute Gasteiger partial charge is 0.478 e. The van der Waals surface area contributed by atoms with Crippen molar-refractivity contribution in [2.45, 2.75) is 79.1 Å². The van der Waals surface area contributed by atoms with E-state index in [4.69, 9.17) is 5.11 Å². The average molecular weight is 364 g/mol. The monoisotopic (exact) mass is 363 g/mol. The summed E-state index contributed by atoms with van der Waals surface area (Å²) < 4.78 is 0. The number of carboxylic acid groups (broad SMARTS) is 1. The zero-order valence-corrected chi connectivity index (χ0v) is 17.5. The van der Waals surface area contributed by atoms with Gasteiger partial charge in [-0.3, -0.25) is 0 Å². The molecule has 150 valence electrons. The van der Waals surface area contributed by atoms with Crippen molar-refractivity contribution in [2.24, 2.45) is 11.8 Å². The first-order chi connectivity index (χ1) is 12.6. The van der Waals surface area contributed by atoms with Gasteiger partial charge in [0, 0.05) is 0 Å². The van der Waals surface area contributed by atoms with Crippen LogP contribution in [0.4, 0.5) is 0 Å². The molecule has 3 nitrogen and oxygen atoms in total. The molecular formula is C23H41NO2. The number of aromatic carboxylic acids is 1. The van der Waals surface area contributed by atoms with E-state index < -0.39 is 5.97 Å². The van der Waals surface area contributed by atoms with Gasteiger partial charge >= 0.3 is 5.97 Å². The van der Waals surface area contributed by atoms with Crippen molar-refractivity contribution < 1.29 is 9.90 Å². The lowest BCUT2D eigenvalue weighted by Gasteiger charge is -2.19. The Morgan fingerprint density at radius 1 is 0.885 bits per heavy atom. The van der Waals surface area contributed by atoms with Crippen LogP contribution in [0.25, 0.3) is 0 Å². The highest BCUT2D eigenvalue weighted by molar-refractivity contribution is 5.87. The number of carboxylic acids is 1. The summed E-state index contributed by atoms with van der Waals surface area (Å²) in [5.41, 5.74) is 0.331. The van der Waals surface area contributed by atoms with Crippen molar-refractivity contribution in [3.63, 3.8) is 0 Å². The molecular weight excluding hydrogens is 322 g/mol. The molecule has 0 fully saturated rings. The molecule has 0 aliphatic rings. The first-order valence-electron chi connectivity index (χ1n) is 10.6. The predicted octanol–water partition coefficient (Wildman–Crippen LogP) is 6.39. The minimum Gasteiger partial charge on any atom is -0.478 e. The highest BCUT2D eigenvalue weighted by atomic mass is 16.4. The summed E-state index contributed by atoms with van der Waals surface area (Å²) in [6.45, 7) is 11.7. The molecule has 26 heavy (non-hydrogen) atoms. The molecule has 0 aliphatic carbocycles. The van der Waals surface area contributed by atoms with E-state index >= 15 is 0 Å². The number of unbranched alkanes of at least 4 members (excludes halogenated alkanes) is 2. The molecule has 1 aromatic rings. The summed E-state index contributed by atoms with van der Waals surface area (Å²) in [5.74, 6) is 0.924. The van der Waals surface area contributed by atoms with Gasteiger partial charge in [0.1, 0.15) is 0 Å². The van der Waals surface area contributed by atoms with Crippen LogP contribution in [0, 0.1) is 11.8 Å². The normalized spacial score (nSPS) is 12.8. The zero-order valence-electron chi connectivity index (χ0n) is 17.5. The third-order valence-electron chi connectivity index (χ3n) is 4.97. The van der Waals surface area contributed by atoms with Crippen molar-refractivity contribution in [1.29, 1.82) is 0 Å². The van der Waals surface area contributed by atoms with E-state index in [1.54, 1.807) is 30.3 Å². The smallest absolute Gasteiger partial charge is 0.335 e. The maximum absolute atomic E-state index is 10.2. The molecule has 2 unspecified atom stereocenters. The van der Waals surface area contributed by atoms with E-state index in [9.17, 15) is 4.79 Å². The van der Waals surface area contributed by atoms with Gasteiger partial charge in [-0.05, 0) is 49.9 Å². The van der Waals surface area contributed by atoms with E-state index in [1.807, 2.05) is 0 Å². The van der Waals surface area contributed by atoms with Crippen molar-refractivity contribution in [3.8, 4) is 0 Å². The fourth-order valence-electron chi connectivity index (χ4n) is 2.96. The van der Waals surface area contributed by atoms with Gasteiger partial charge in [-0.2, -0.15) is 0 Å². The Morgan fingerprint density at radius 3 is 1.65 bits per heavy atom. The standard InChI is InChI=1S/C16H35N.C7H6O2/c1-5-9-11-15(7-3)13-17-14-16(8-4)12-10-6-2;8-7(9)6-4-2-1-3-5-6/h15-17H,5-14H2,1-4H3;1-5H,(H,8,9). The fourth-order valence-corrected chi connectivity index (χ4v) is 2.96. The van der Waals surface area contributed by atoms with Gasteiger partial charge in [0.2, 0.25) is 0 Å². The Kier molecular flexibility index (Phi) is 16.2. The lowest BCUT2D eigenvalue weighted by Crippen LogP contribution is -2.28. The Hall–Kier alpha value is -1.35. The van der Waals surface area contributed by atoms with Gasteiger partial charge in [0.25, 0.3) is 0 Å². The SMILES string of the molecule is CCCCC(CC)CNCC(CC)CCCC.O=C(O)c1ccccc1. The minimum atomic E-state index is -0.879. The molecule has 2 atom stereocenters. The summed E-state index contributed by atoms with van der Waals surface area (Å²) in [6, 6.07) is 8.30. The second-order valence-electron chi connectivity index (χ2n) is 7.16. The van der Waals surface area contributed by atoms with Gasteiger partial charge in [-0.15, -0.1) is 0 Å². The summed E-state index contributed by atoms with van der Waals surface area (Å²) in [7, 11) is 0. The summed E-state index contributed by atoms with van der Waals surface area (Å²) in [6.07, 6.45) is 10.9. The van der Waals surface area contributed by atoms with Crippen molar-refractivity contribution in [2.75, 3.05) is 13.1 Å². The Bertz CT molecular complexity index is 417. The number of rotatable bonds is 13. The van der Waals surface area contributed by atoms with Crippen molar-refractivity contribution >= 4 is 5.97 Å². The molecule has 0 spiro atoms. The van der Waals surface area contributed by atoms with Gasteiger partial charge in [-0.1, -0.05) is 84.4 Å². The third kappa shape index (κ3) is 12.9. The summed E-state index contributed by atoms with van der Waals surface area (Å²) in [4.78, 5) is 10.2. The highest BCUT2D eigenvalue weighted by Crippen LogP contribution is 2.14. The van der Waals surface area contributed by atoms with E-state index in [2.05, 4.69) is 33.0 Å². The second-order valence-corrected chi connectivity index (χ2v) is 7.16. The van der Waals surface area contributed by atoms with Crippen LogP contribution in [0.15, 0.2) is 30.3 Å². The van der Waals surface area contributed by atoms with Crippen molar-refractivity contribution in [3.05, 3.63) is 35.9 Å². The predicted molar refractivity (Wildman–Crippen MR) is 113 cm³/mol. The lowest BCUT2D eigenvalue weighted by atomic mass is 9.97. The van der Waals surface area contributed by atoms with Crippen LogP contribution >= 0.6 is 0 Å². The summed E-state index contributed by atoms with van der Waals surface area (Å²) in [5, 5.41) is 12.1. The van der Waals surface area contributed by atoms with E-state index in [0.29, 0.717) is 5.56 Å². The van der Waals surface area contributed by atoms with Crippen LogP contribution in [0.2, 0.25) is 0 Å². The van der Waals surface area contributed by atoms with Crippen LogP contribution in [0.3, 0.4) is 0 Å². The number of nitrogens with one attached hydrogen (secondary N) is 1. The summed E-state index contributed by atoms with van der Waals surface area (Å²) >= 11 is 0. The molecule has 0 bridgehead atoms. The molecule has 2 N–H and O–H groups in total. The first kappa shape index (κ1) is 24.7. The molecule has 0 aliphatic heterocycles. The molecule has 0 saturated carbocycles. The molecule has 0 radical (unpaired) electrons. The fraction of sp³-hybridized carbons (Fsp3) is 0.696. The van der Waals surface area contributed by atoms with Crippen molar-refractivity contribution in [1.82, 2.24) is 5.32 Å². The number of benzene rings is 1. The van der Waals surface area contributed by atoms with Crippen LogP contribution in [0.1, 0.15) is 89.4 Å². The first-order valence-corrected chi connectivity index (χ1v) is 10.6. The van der Waals surface area contributed by atoms with Gasteiger partial charge < -0.3 is 10.4 Å². The van der Waals surface area contributed by atoms with Crippen LogP contribution < -0.4 is 5.32 Å². The highest BCUT2D eigenvalue weighted by Gasteiger charge is 2.08. The molecule has 0 saturated heterocycles. The number of hydrogen-bond donors (Lipinski definition) is 2. The molecule has 0 aromatic heterocycles. The average Bonchev–Trinajstić information content (AvgIpc) is 2.68. The Labute approximate surface area is 161 Å². The Balaban J connectivity index is 0.000000577. The van der Waals surface area contributed by atoms with Gasteiger partial charge in [-0.25, -0.2) is 4.79 Å². The second kappa shape index (κ2) is 17.1. The van der Waals surface area contributed by atoms with E-state index in [0.717, 1.165) is 11.8 Å². The molecule has 1 aromatic carbocycles. The molecule has 3 heteroatoms. The topological polar surface area (TPSA) is 49.3 Å². The number of hydrogen-bond acceptors (Lipinski definition) is 2. The quantitative estimate of drug-likeness (QED) is 0.426.